The molecular formula is C15H20N2O. The van der Waals surface area contributed by atoms with Gasteiger partial charge in [-0.15, -0.1) is 0 Å². The van der Waals surface area contributed by atoms with Crippen LogP contribution in [-0.2, 0) is 6.42 Å². The van der Waals surface area contributed by atoms with Crippen molar-refractivity contribution in [3.05, 3.63) is 28.8 Å². The third-order valence-electron chi connectivity index (χ3n) is 3.58. The van der Waals surface area contributed by atoms with Crippen molar-refractivity contribution in [1.82, 2.24) is 5.32 Å². The molecule has 1 heterocycles. The number of hydrogen-bond donors (Lipinski definition) is 1. The minimum atomic E-state index is 0.649. The zero-order valence-electron chi connectivity index (χ0n) is 11.1. The highest BCUT2D eigenvalue weighted by atomic mass is 16.5. The topological polar surface area (TPSA) is 45.0 Å². The Morgan fingerprint density at radius 3 is 2.94 bits per heavy atom. The van der Waals surface area contributed by atoms with E-state index in [4.69, 9.17) is 10.00 Å². The largest absolute Gasteiger partial charge is 0.495 e. The van der Waals surface area contributed by atoms with Crippen molar-refractivity contribution in [2.24, 2.45) is 5.92 Å². The number of nitrogens with zero attached hydrogens (tertiary/aromatic N) is 1. The average molecular weight is 244 g/mol. The molecule has 0 radical (unpaired) electrons. The fourth-order valence-electron chi connectivity index (χ4n) is 2.75. The Bertz CT molecular complexity index is 456. The van der Waals surface area contributed by atoms with Crippen LogP contribution < -0.4 is 10.1 Å². The van der Waals surface area contributed by atoms with Gasteiger partial charge < -0.3 is 10.1 Å². The van der Waals surface area contributed by atoms with Gasteiger partial charge in [0.15, 0.2) is 0 Å². The highest BCUT2D eigenvalue weighted by Crippen LogP contribution is 2.26. The van der Waals surface area contributed by atoms with Gasteiger partial charge in [-0.3, -0.25) is 0 Å². The molecule has 1 saturated heterocycles. The average Bonchev–Trinajstić information content (AvgIpc) is 2.39. The molecule has 1 aromatic carbocycles. The third-order valence-corrected chi connectivity index (χ3v) is 3.58. The summed E-state index contributed by atoms with van der Waals surface area (Å²) in [5, 5.41) is 12.6. The lowest BCUT2D eigenvalue weighted by atomic mass is 9.91. The molecule has 18 heavy (non-hydrogen) atoms. The lowest BCUT2D eigenvalue weighted by Crippen LogP contribution is -2.30. The molecule has 3 nitrogen and oxygen atoms in total. The first kappa shape index (κ1) is 12.9. The molecule has 0 spiro atoms. The molecule has 0 aromatic heterocycles. The highest BCUT2D eigenvalue weighted by molar-refractivity contribution is 5.50. The maximum atomic E-state index is 9.16. The van der Waals surface area contributed by atoms with Crippen LogP contribution in [0.3, 0.4) is 0 Å². The predicted octanol–water partition coefficient (Wildman–Crippen LogP) is 2.42. The van der Waals surface area contributed by atoms with Gasteiger partial charge in [0, 0.05) is 0 Å². The Hall–Kier alpha value is -1.53. The van der Waals surface area contributed by atoms with Crippen molar-refractivity contribution in [1.29, 1.82) is 5.26 Å². The fraction of sp³-hybridized carbons (Fsp3) is 0.533. The monoisotopic (exact) mass is 244 g/mol. The minimum absolute atomic E-state index is 0.649. The van der Waals surface area contributed by atoms with E-state index in [0.717, 1.165) is 25.1 Å². The number of piperidine rings is 1. The van der Waals surface area contributed by atoms with Crippen LogP contribution in [0.5, 0.6) is 5.75 Å². The fourth-order valence-corrected chi connectivity index (χ4v) is 2.75. The summed E-state index contributed by atoms with van der Waals surface area (Å²) in [5.41, 5.74) is 2.95. The summed E-state index contributed by atoms with van der Waals surface area (Å²) in [7, 11) is 1.62. The Kier molecular flexibility index (Phi) is 4.22. The van der Waals surface area contributed by atoms with E-state index in [-0.39, 0.29) is 0 Å². The number of benzene rings is 1. The Labute approximate surface area is 109 Å². The van der Waals surface area contributed by atoms with Crippen LogP contribution in [0.4, 0.5) is 0 Å². The van der Waals surface area contributed by atoms with E-state index < -0.39 is 0 Å². The van der Waals surface area contributed by atoms with E-state index in [2.05, 4.69) is 17.5 Å². The lowest BCUT2D eigenvalue weighted by Gasteiger charge is -2.23. The summed E-state index contributed by atoms with van der Waals surface area (Å²) in [4.78, 5) is 0. The Morgan fingerprint density at radius 1 is 1.50 bits per heavy atom. The molecule has 1 atom stereocenters. The van der Waals surface area contributed by atoms with E-state index in [1.165, 1.54) is 18.4 Å². The van der Waals surface area contributed by atoms with E-state index in [0.29, 0.717) is 17.2 Å². The van der Waals surface area contributed by atoms with Gasteiger partial charge in [-0.1, -0.05) is 6.07 Å². The summed E-state index contributed by atoms with van der Waals surface area (Å²) in [5.74, 6) is 1.40. The van der Waals surface area contributed by atoms with Crippen molar-refractivity contribution in [2.75, 3.05) is 20.2 Å². The third kappa shape index (κ3) is 2.83. The van der Waals surface area contributed by atoms with Gasteiger partial charge in [-0.25, -0.2) is 0 Å². The van der Waals surface area contributed by atoms with Crippen LogP contribution in [0.1, 0.15) is 29.5 Å². The second-order valence-electron chi connectivity index (χ2n) is 5.02. The second-order valence-corrected chi connectivity index (χ2v) is 5.02. The summed E-state index contributed by atoms with van der Waals surface area (Å²) in [6, 6.07) is 6.34. The van der Waals surface area contributed by atoms with Gasteiger partial charge in [0.1, 0.15) is 11.8 Å². The van der Waals surface area contributed by atoms with Crippen LogP contribution in [-0.4, -0.2) is 20.2 Å². The predicted molar refractivity (Wildman–Crippen MR) is 71.7 cm³/mol. The number of rotatable bonds is 3. The standard InChI is InChI=1S/C15H20N2O/c1-11-6-13(7-12-4-3-5-17-10-12)8-14(9-16)15(11)18-2/h6,8,12,17H,3-5,7,10H2,1-2H3. The normalized spacial score (nSPS) is 19.3. The quantitative estimate of drug-likeness (QED) is 0.888. The van der Waals surface area contributed by atoms with Crippen LogP contribution in [0.15, 0.2) is 12.1 Å². The molecule has 0 saturated carbocycles. The number of methoxy groups -OCH3 is 1. The molecule has 96 valence electrons. The first-order valence-electron chi connectivity index (χ1n) is 6.53. The van der Waals surface area contributed by atoms with Crippen molar-refractivity contribution in [3.63, 3.8) is 0 Å². The second kappa shape index (κ2) is 5.88. The maximum absolute atomic E-state index is 9.16. The number of hydrogen-bond acceptors (Lipinski definition) is 3. The summed E-state index contributed by atoms with van der Waals surface area (Å²) < 4.78 is 5.28. The van der Waals surface area contributed by atoms with Gasteiger partial charge >= 0.3 is 0 Å². The molecule has 3 heteroatoms. The number of nitrogens with one attached hydrogen (secondary N) is 1. The van der Waals surface area contributed by atoms with Crippen LogP contribution in [0.2, 0.25) is 0 Å². The van der Waals surface area contributed by atoms with Gasteiger partial charge in [-0.05, 0) is 62.4 Å². The van der Waals surface area contributed by atoms with Crippen LogP contribution in [0.25, 0.3) is 0 Å². The van der Waals surface area contributed by atoms with Crippen molar-refractivity contribution in [3.8, 4) is 11.8 Å². The first-order chi connectivity index (χ1) is 8.74. The molecule has 2 rings (SSSR count). The van der Waals surface area contributed by atoms with E-state index in [1.54, 1.807) is 7.11 Å². The molecular weight excluding hydrogens is 224 g/mol. The molecule has 1 aliphatic heterocycles. The van der Waals surface area contributed by atoms with Gasteiger partial charge in [0.2, 0.25) is 0 Å². The molecule has 0 amide bonds. The molecule has 1 unspecified atom stereocenters. The molecule has 1 aliphatic rings. The molecule has 1 aromatic rings. The summed E-state index contributed by atoms with van der Waals surface area (Å²) >= 11 is 0. The zero-order chi connectivity index (χ0) is 13.0. The van der Waals surface area contributed by atoms with E-state index >= 15 is 0 Å². The lowest BCUT2D eigenvalue weighted by molar-refractivity contribution is 0.375. The smallest absolute Gasteiger partial charge is 0.139 e. The van der Waals surface area contributed by atoms with Crippen molar-refractivity contribution < 1.29 is 4.74 Å². The van der Waals surface area contributed by atoms with Crippen molar-refractivity contribution in [2.45, 2.75) is 26.2 Å². The van der Waals surface area contributed by atoms with Crippen molar-refractivity contribution >= 4 is 0 Å². The molecule has 0 bridgehead atoms. The van der Waals surface area contributed by atoms with Gasteiger partial charge in [0.25, 0.3) is 0 Å². The Morgan fingerprint density at radius 2 is 2.33 bits per heavy atom. The van der Waals surface area contributed by atoms with Gasteiger partial charge in [-0.2, -0.15) is 5.26 Å². The minimum Gasteiger partial charge on any atom is -0.495 e. The number of ether oxygens (including phenoxy) is 1. The first-order valence-corrected chi connectivity index (χ1v) is 6.53. The van der Waals surface area contributed by atoms with Crippen LogP contribution >= 0.6 is 0 Å². The Balaban J connectivity index is 2.18. The zero-order valence-corrected chi connectivity index (χ0v) is 11.1. The van der Waals surface area contributed by atoms with Gasteiger partial charge in [0.05, 0.1) is 12.7 Å². The van der Waals surface area contributed by atoms with E-state index in [9.17, 15) is 0 Å². The molecule has 1 fully saturated rings. The van der Waals surface area contributed by atoms with E-state index in [1.807, 2.05) is 13.0 Å². The summed E-state index contributed by atoms with van der Waals surface area (Å²) in [6.45, 7) is 4.23. The SMILES string of the molecule is COc1c(C)cc(CC2CCCNC2)cc1C#N. The molecule has 1 N–H and O–H groups in total. The number of nitriles is 1. The molecule has 0 aliphatic carbocycles. The van der Waals surface area contributed by atoms with Crippen LogP contribution in [0, 0.1) is 24.2 Å². The summed E-state index contributed by atoms with van der Waals surface area (Å²) in [6.07, 6.45) is 3.58. The highest BCUT2D eigenvalue weighted by Gasteiger charge is 2.15. The maximum Gasteiger partial charge on any atom is 0.139 e. The number of aryl methyl sites for hydroxylation is 1.